The standard InChI is InChI=1S/C30H29N5O7/c1-17-16-35(42-31)23-11-19(12-26(27(17)23)41-32-2)28(37)34-7-5-30(6-8-34)13-24(36)22-10-18(3-4-25(22)40-30)20-9-21(29(38)39)15-33-14-20/h3-4,9-12,14-16,32H,5-8,13,31H2,1-2H3,(H,38,39). The largest absolute Gasteiger partial charge is 0.486 e. The molecule has 42 heavy (non-hydrogen) atoms. The molecule has 2 aliphatic heterocycles. The number of hydroxylamine groups is 1. The lowest BCUT2D eigenvalue weighted by Crippen LogP contribution is -2.52. The van der Waals surface area contributed by atoms with E-state index >= 15 is 0 Å². The van der Waals surface area contributed by atoms with Gasteiger partial charge in [-0.2, -0.15) is 10.2 Å². The van der Waals surface area contributed by atoms with E-state index in [2.05, 4.69) is 10.5 Å². The molecule has 1 saturated heterocycles. The number of carbonyl (C=O) groups excluding carboxylic acids is 2. The van der Waals surface area contributed by atoms with E-state index < -0.39 is 11.6 Å². The predicted molar refractivity (Wildman–Crippen MR) is 151 cm³/mol. The van der Waals surface area contributed by atoms with Crippen molar-refractivity contribution in [2.75, 3.05) is 20.1 Å². The van der Waals surface area contributed by atoms with Gasteiger partial charge in [0.1, 0.15) is 11.4 Å². The SMILES string of the molecule is CNOc1cc(C(=O)N2CCC3(CC2)CC(=O)c2cc(-c4cncc(C(=O)O)c4)ccc2O3)cc2c1c(C)cn2ON. The highest BCUT2D eigenvalue weighted by Gasteiger charge is 2.44. The number of nitrogens with one attached hydrogen (secondary N) is 1. The van der Waals surface area contributed by atoms with Gasteiger partial charge in [-0.25, -0.2) is 4.79 Å². The summed E-state index contributed by atoms with van der Waals surface area (Å²) >= 11 is 0. The number of hydrogen-bond acceptors (Lipinski definition) is 9. The Kier molecular flexibility index (Phi) is 6.79. The lowest BCUT2D eigenvalue weighted by molar-refractivity contribution is -0.00572. The van der Waals surface area contributed by atoms with Crippen LogP contribution in [0.5, 0.6) is 11.5 Å². The van der Waals surface area contributed by atoms with Crippen LogP contribution in [0.2, 0.25) is 0 Å². The van der Waals surface area contributed by atoms with E-state index in [9.17, 15) is 19.5 Å². The van der Waals surface area contributed by atoms with Gasteiger partial charge in [-0.05, 0) is 48.4 Å². The van der Waals surface area contributed by atoms with E-state index in [0.29, 0.717) is 65.2 Å². The third kappa shape index (κ3) is 4.70. The van der Waals surface area contributed by atoms with E-state index in [1.54, 1.807) is 54.7 Å². The van der Waals surface area contributed by atoms with Crippen LogP contribution in [0.15, 0.2) is 55.0 Å². The number of Topliss-reactive ketones (excluding diaryl/α,β-unsaturated/α-hetero) is 1. The van der Waals surface area contributed by atoms with Crippen LogP contribution in [0, 0.1) is 6.92 Å². The molecule has 2 aliphatic rings. The van der Waals surface area contributed by atoms with Gasteiger partial charge in [0.15, 0.2) is 11.5 Å². The molecule has 0 bridgehead atoms. The molecule has 2 aromatic carbocycles. The summed E-state index contributed by atoms with van der Waals surface area (Å²) in [5.41, 5.74) is 5.63. The molecule has 0 radical (unpaired) electrons. The molecule has 12 nitrogen and oxygen atoms in total. The number of benzene rings is 2. The Balaban J connectivity index is 1.20. The molecule has 1 amide bonds. The van der Waals surface area contributed by atoms with Gasteiger partial charge in [-0.15, -0.1) is 5.90 Å². The second-order valence-corrected chi connectivity index (χ2v) is 10.6. The van der Waals surface area contributed by atoms with Gasteiger partial charge in [0.2, 0.25) is 0 Å². The first-order chi connectivity index (χ1) is 20.2. The zero-order valence-electron chi connectivity index (χ0n) is 23.0. The average Bonchev–Trinajstić information content (AvgIpc) is 3.32. The fraction of sp³-hybridized carbons (Fsp3) is 0.267. The summed E-state index contributed by atoms with van der Waals surface area (Å²) in [6, 6.07) is 10.2. The summed E-state index contributed by atoms with van der Waals surface area (Å²) in [5.74, 6) is 5.09. The molecule has 0 aliphatic carbocycles. The molecular formula is C30H29N5O7. The first kappa shape index (κ1) is 27.2. The van der Waals surface area contributed by atoms with E-state index in [1.165, 1.54) is 17.0 Å². The Bertz CT molecular complexity index is 1740. The summed E-state index contributed by atoms with van der Waals surface area (Å²) in [4.78, 5) is 54.6. The number of aromatic carboxylic acids is 1. The number of likely N-dealkylation sites (tertiary alicyclic amines) is 1. The quantitative estimate of drug-likeness (QED) is 0.294. The van der Waals surface area contributed by atoms with E-state index in [4.69, 9.17) is 20.4 Å². The van der Waals surface area contributed by atoms with Gasteiger partial charge in [-0.3, -0.25) is 14.6 Å². The maximum absolute atomic E-state index is 13.6. The van der Waals surface area contributed by atoms with Crippen LogP contribution in [-0.2, 0) is 0 Å². The number of amides is 1. The molecule has 4 N–H and O–H groups in total. The first-order valence-corrected chi connectivity index (χ1v) is 13.4. The summed E-state index contributed by atoms with van der Waals surface area (Å²) < 4.78 is 7.82. The summed E-state index contributed by atoms with van der Waals surface area (Å²) in [7, 11) is 1.63. The fourth-order valence-electron chi connectivity index (χ4n) is 5.85. The average molecular weight is 572 g/mol. The van der Waals surface area contributed by atoms with Crippen molar-refractivity contribution in [2.45, 2.75) is 31.8 Å². The van der Waals surface area contributed by atoms with Gasteiger partial charge in [0.05, 0.1) is 34.6 Å². The molecule has 4 heterocycles. The van der Waals surface area contributed by atoms with Crippen molar-refractivity contribution < 1.29 is 34.0 Å². The highest BCUT2D eigenvalue weighted by molar-refractivity contribution is 6.02. The highest BCUT2D eigenvalue weighted by Crippen LogP contribution is 2.41. The van der Waals surface area contributed by atoms with Crippen LogP contribution >= 0.6 is 0 Å². The molecule has 0 saturated carbocycles. The Labute approximate surface area is 240 Å². The lowest BCUT2D eigenvalue weighted by Gasteiger charge is -2.44. The zero-order valence-corrected chi connectivity index (χ0v) is 23.0. The number of ketones is 1. The zero-order chi connectivity index (χ0) is 29.6. The minimum atomic E-state index is -1.07. The normalized spacial score (nSPS) is 15.8. The first-order valence-electron chi connectivity index (χ1n) is 13.4. The number of nitrogens with two attached hydrogens (primary N) is 1. The number of aryl methyl sites for hydroxylation is 1. The van der Waals surface area contributed by atoms with Gasteiger partial charge < -0.3 is 24.5 Å². The molecule has 1 spiro atoms. The van der Waals surface area contributed by atoms with Gasteiger partial charge in [0.25, 0.3) is 5.91 Å². The number of aromatic nitrogens is 2. The molecule has 12 heteroatoms. The summed E-state index contributed by atoms with van der Waals surface area (Å²) in [5, 5.41) is 10.1. The number of carboxylic acid groups (broad SMARTS) is 1. The Morgan fingerprint density at radius 3 is 2.60 bits per heavy atom. The minimum Gasteiger partial charge on any atom is -0.486 e. The Morgan fingerprint density at radius 1 is 1.10 bits per heavy atom. The van der Waals surface area contributed by atoms with Gasteiger partial charge in [-0.1, -0.05) is 6.07 Å². The fourth-order valence-corrected chi connectivity index (χ4v) is 5.85. The third-order valence-corrected chi connectivity index (χ3v) is 7.97. The molecule has 0 atom stereocenters. The molecule has 6 rings (SSSR count). The number of rotatable bonds is 6. The van der Waals surface area contributed by atoms with E-state index in [0.717, 1.165) is 10.9 Å². The van der Waals surface area contributed by atoms with Crippen LogP contribution in [0.4, 0.5) is 0 Å². The van der Waals surface area contributed by atoms with Crippen LogP contribution < -0.4 is 25.9 Å². The highest BCUT2D eigenvalue weighted by atomic mass is 16.8. The second-order valence-electron chi connectivity index (χ2n) is 10.6. The van der Waals surface area contributed by atoms with Crippen molar-refractivity contribution in [2.24, 2.45) is 5.90 Å². The van der Waals surface area contributed by atoms with Crippen molar-refractivity contribution in [3.8, 4) is 22.6 Å². The number of carboxylic acids is 1. The van der Waals surface area contributed by atoms with Crippen molar-refractivity contribution in [1.82, 2.24) is 20.1 Å². The van der Waals surface area contributed by atoms with Crippen molar-refractivity contribution in [1.29, 1.82) is 0 Å². The number of fused-ring (bicyclic) bond motifs is 2. The van der Waals surface area contributed by atoms with Crippen LogP contribution in [0.1, 0.15) is 55.9 Å². The number of hydrogen-bond donors (Lipinski definition) is 3. The van der Waals surface area contributed by atoms with Crippen LogP contribution in [0.3, 0.4) is 0 Å². The van der Waals surface area contributed by atoms with Crippen molar-refractivity contribution in [3.63, 3.8) is 0 Å². The van der Waals surface area contributed by atoms with Gasteiger partial charge >= 0.3 is 5.97 Å². The number of piperidine rings is 1. The van der Waals surface area contributed by atoms with E-state index in [1.807, 2.05) is 6.92 Å². The Morgan fingerprint density at radius 2 is 1.88 bits per heavy atom. The van der Waals surface area contributed by atoms with Crippen LogP contribution in [0.25, 0.3) is 22.0 Å². The minimum absolute atomic E-state index is 0.0579. The number of pyridine rings is 1. The molecule has 1 fully saturated rings. The van der Waals surface area contributed by atoms with Crippen molar-refractivity contribution in [3.05, 3.63) is 77.2 Å². The third-order valence-electron chi connectivity index (χ3n) is 7.97. The molecule has 216 valence electrons. The monoisotopic (exact) mass is 571 g/mol. The maximum atomic E-state index is 13.6. The predicted octanol–water partition coefficient (Wildman–Crippen LogP) is 3.17. The van der Waals surface area contributed by atoms with Gasteiger partial charge in [0, 0.05) is 56.5 Å². The molecular weight excluding hydrogens is 542 g/mol. The maximum Gasteiger partial charge on any atom is 0.337 e. The van der Waals surface area contributed by atoms with Crippen molar-refractivity contribution >= 4 is 28.6 Å². The van der Waals surface area contributed by atoms with Crippen LogP contribution in [-0.4, -0.2) is 63.1 Å². The Hall–Kier alpha value is -4.94. The molecule has 0 unspecified atom stereocenters. The second kappa shape index (κ2) is 10.5. The lowest BCUT2D eigenvalue weighted by atomic mass is 9.82. The molecule has 4 aromatic rings. The number of nitrogens with zero attached hydrogens (tertiary/aromatic N) is 3. The molecule has 2 aromatic heterocycles. The summed E-state index contributed by atoms with van der Waals surface area (Å²) in [6.07, 6.45) is 5.71. The smallest absolute Gasteiger partial charge is 0.337 e. The number of carbonyl (C=O) groups is 3. The summed E-state index contributed by atoms with van der Waals surface area (Å²) in [6.45, 7) is 2.70. The van der Waals surface area contributed by atoms with E-state index in [-0.39, 0.29) is 23.7 Å². The topological polar surface area (TPSA) is 158 Å². The number of ether oxygens (including phenoxy) is 1.